The third-order valence-electron chi connectivity index (χ3n) is 5.98. The summed E-state index contributed by atoms with van der Waals surface area (Å²) in [5.74, 6) is -4.29. The summed E-state index contributed by atoms with van der Waals surface area (Å²) in [5.41, 5.74) is -0.218. The van der Waals surface area contributed by atoms with Gasteiger partial charge in [0.2, 0.25) is 6.41 Å². The molecule has 37 heavy (non-hydrogen) atoms. The number of aromatic hydroxyl groups is 1. The van der Waals surface area contributed by atoms with Gasteiger partial charge in [0.25, 0.3) is 5.91 Å². The molecule has 0 radical (unpaired) electrons. The molecule has 0 aromatic heterocycles. The molecule has 1 aromatic rings. The SMILES string of the molecule is CCCC[C@@H]1C(=O)O[C@@H](C)[C@@H](NC(=O)c2cccc(NC=O)c2O)C(=O)O[C@H](C)[C@H]1OC(=O)CC(C)C. The van der Waals surface area contributed by atoms with Crippen LogP contribution in [0, 0.1) is 11.8 Å². The minimum atomic E-state index is -1.42. The van der Waals surface area contributed by atoms with Gasteiger partial charge in [0, 0.05) is 6.42 Å². The van der Waals surface area contributed by atoms with Gasteiger partial charge in [-0.05, 0) is 38.3 Å². The molecular weight excluding hydrogens is 484 g/mol. The van der Waals surface area contributed by atoms with Crippen LogP contribution in [0.1, 0.15) is 70.7 Å². The van der Waals surface area contributed by atoms with E-state index in [1.807, 2.05) is 20.8 Å². The van der Waals surface area contributed by atoms with Crippen LogP contribution in [-0.2, 0) is 33.4 Å². The predicted octanol–water partition coefficient (Wildman–Crippen LogP) is 2.70. The van der Waals surface area contributed by atoms with Gasteiger partial charge in [-0.3, -0.25) is 19.2 Å². The first-order chi connectivity index (χ1) is 17.5. The number of rotatable bonds is 10. The predicted molar refractivity (Wildman–Crippen MR) is 133 cm³/mol. The lowest BCUT2D eigenvalue weighted by Crippen LogP contribution is -2.50. The van der Waals surface area contributed by atoms with E-state index in [2.05, 4.69) is 10.6 Å². The summed E-state index contributed by atoms with van der Waals surface area (Å²) >= 11 is 0. The van der Waals surface area contributed by atoms with Gasteiger partial charge >= 0.3 is 17.9 Å². The van der Waals surface area contributed by atoms with Gasteiger partial charge in [-0.2, -0.15) is 0 Å². The second-order valence-electron chi connectivity index (χ2n) is 9.50. The quantitative estimate of drug-likeness (QED) is 0.183. The molecule has 1 heterocycles. The minimum absolute atomic E-state index is 0.00221. The highest BCUT2D eigenvalue weighted by Crippen LogP contribution is 2.29. The van der Waals surface area contributed by atoms with E-state index in [-0.39, 0.29) is 23.6 Å². The van der Waals surface area contributed by atoms with Gasteiger partial charge in [-0.1, -0.05) is 39.7 Å². The van der Waals surface area contributed by atoms with E-state index in [1.54, 1.807) is 0 Å². The summed E-state index contributed by atoms with van der Waals surface area (Å²) in [6.07, 6.45) is -0.952. The van der Waals surface area contributed by atoms with Crippen LogP contribution in [0.2, 0.25) is 0 Å². The van der Waals surface area contributed by atoms with E-state index in [0.29, 0.717) is 19.3 Å². The Morgan fingerprint density at radius 2 is 1.81 bits per heavy atom. The van der Waals surface area contributed by atoms with Crippen LogP contribution in [0.5, 0.6) is 5.75 Å². The van der Waals surface area contributed by atoms with Gasteiger partial charge in [0.15, 0.2) is 17.9 Å². The molecule has 1 fully saturated rings. The largest absolute Gasteiger partial charge is 0.505 e. The number of hydrogen-bond acceptors (Lipinski definition) is 9. The number of ether oxygens (including phenoxy) is 3. The lowest BCUT2D eigenvalue weighted by molar-refractivity contribution is -0.175. The third-order valence-corrected chi connectivity index (χ3v) is 5.98. The molecule has 204 valence electrons. The summed E-state index contributed by atoms with van der Waals surface area (Å²) in [7, 11) is 0. The number of carbonyl (C=O) groups is 5. The normalized spacial score (nSPS) is 24.1. The zero-order valence-corrected chi connectivity index (χ0v) is 21.8. The first kappa shape index (κ1) is 29.6. The van der Waals surface area contributed by atoms with Crippen molar-refractivity contribution < 1.29 is 43.3 Å². The van der Waals surface area contributed by atoms with Crippen molar-refractivity contribution in [2.45, 2.75) is 84.7 Å². The molecule has 11 heteroatoms. The van der Waals surface area contributed by atoms with Crippen LogP contribution in [-0.4, -0.2) is 59.7 Å². The van der Waals surface area contributed by atoms with Crippen LogP contribution in [0.15, 0.2) is 18.2 Å². The lowest BCUT2D eigenvalue weighted by atomic mass is 9.92. The summed E-state index contributed by atoms with van der Waals surface area (Å²) in [4.78, 5) is 62.5. The molecule has 0 aliphatic carbocycles. The maximum atomic E-state index is 13.2. The number of para-hydroxylation sites is 1. The molecule has 2 rings (SSSR count). The Morgan fingerprint density at radius 3 is 2.43 bits per heavy atom. The van der Waals surface area contributed by atoms with Crippen LogP contribution in [0.3, 0.4) is 0 Å². The minimum Gasteiger partial charge on any atom is -0.505 e. The molecule has 3 N–H and O–H groups in total. The number of hydrogen-bond donors (Lipinski definition) is 3. The van der Waals surface area contributed by atoms with Crippen molar-refractivity contribution in [3.8, 4) is 5.75 Å². The third kappa shape index (κ3) is 7.93. The number of nitrogens with one attached hydrogen (secondary N) is 2. The first-order valence-electron chi connectivity index (χ1n) is 12.4. The van der Waals surface area contributed by atoms with Gasteiger partial charge < -0.3 is 30.0 Å². The number of anilines is 1. The molecule has 1 saturated heterocycles. The maximum absolute atomic E-state index is 13.2. The Morgan fingerprint density at radius 1 is 1.14 bits per heavy atom. The van der Waals surface area contributed by atoms with E-state index in [9.17, 15) is 29.1 Å². The standard InChI is InChI=1S/C26H36N2O9/c1-6-7-9-18-23(37-20(30)12-14(2)3)16(5)36-26(34)21(15(4)35-25(18)33)28-24(32)17-10-8-11-19(22(17)31)27-13-29/h8,10-11,13-16,18,21,23,31H,6-7,9,12H2,1-5H3,(H,27,29)(H,28,32)/t15-,16+,18-,21+,23+/m0/s1. The number of unbranched alkanes of at least 4 members (excludes halogenated alkanes) is 1. The lowest BCUT2D eigenvalue weighted by Gasteiger charge is -2.29. The van der Waals surface area contributed by atoms with Crippen molar-refractivity contribution in [2.75, 3.05) is 5.32 Å². The highest BCUT2D eigenvalue weighted by molar-refractivity contribution is 6.01. The zero-order valence-electron chi connectivity index (χ0n) is 21.8. The van der Waals surface area contributed by atoms with Gasteiger partial charge in [0.05, 0.1) is 17.2 Å². The first-order valence-corrected chi connectivity index (χ1v) is 12.4. The fourth-order valence-corrected chi connectivity index (χ4v) is 4.03. The average Bonchev–Trinajstić information content (AvgIpc) is 2.84. The van der Waals surface area contributed by atoms with Crippen LogP contribution >= 0.6 is 0 Å². The fourth-order valence-electron chi connectivity index (χ4n) is 4.03. The average molecular weight is 521 g/mol. The maximum Gasteiger partial charge on any atom is 0.332 e. The summed E-state index contributed by atoms with van der Waals surface area (Å²) < 4.78 is 16.8. The van der Waals surface area contributed by atoms with Crippen LogP contribution in [0.4, 0.5) is 5.69 Å². The number of benzene rings is 1. The molecule has 0 bridgehead atoms. The molecule has 2 amide bonds. The van der Waals surface area contributed by atoms with Gasteiger partial charge in [-0.25, -0.2) is 4.79 Å². The van der Waals surface area contributed by atoms with E-state index in [1.165, 1.54) is 32.0 Å². The van der Waals surface area contributed by atoms with Crippen molar-refractivity contribution in [1.29, 1.82) is 0 Å². The molecule has 5 atom stereocenters. The zero-order chi connectivity index (χ0) is 27.7. The Bertz CT molecular complexity index is 994. The van der Waals surface area contributed by atoms with E-state index in [0.717, 1.165) is 6.42 Å². The van der Waals surface area contributed by atoms with Crippen molar-refractivity contribution in [1.82, 2.24) is 5.32 Å². The Balaban J connectivity index is 2.34. The van der Waals surface area contributed by atoms with Crippen LogP contribution < -0.4 is 10.6 Å². The molecule has 0 unspecified atom stereocenters. The second kappa shape index (κ2) is 13.6. The number of carbonyl (C=O) groups excluding carboxylic acids is 5. The second-order valence-corrected chi connectivity index (χ2v) is 9.50. The van der Waals surface area contributed by atoms with E-state index in [4.69, 9.17) is 14.2 Å². The van der Waals surface area contributed by atoms with Crippen molar-refractivity contribution in [3.63, 3.8) is 0 Å². The molecule has 0 spiro atoms. The van der Waals surface area contributed by atoms with Crippen molar-refractivity contribution in [2.24, 2.45) is 11.8 Å². The van der Waals surface area contributed by atoms with Gasteiger partial charge in [-0.15, -0.1) is 0 Å². The van der Waals surface area contributed by atoms with Crippen molar-refractivity contribution in [3.05, 3.63) is 23.8 Å². The van der Waals surface area contributed by atoms with Crippen LogP contribution in [0.25, 0.3) is 0 Å². The number of phenolic OH excluding ortho intramolecular Hbond substituents is 1. The highest BCUT2D eigenvalue weighted by Gasteiger charge is 2.43. The fraction of sp³-hybridized carbons (Fsp3) is 0.577. The Kier molecular flexibility index (Phi) is 10.9. The summed E-state index contributed by atoms with van der Waals surface area (Å²) in [5, 5.41) is 15.1. The number of cyclic esters (lactones) is 2. The number of phenols is 1. The Hall–Kier alpha value is -3.63. The van der Waals surface area contributed by atoms with E-state index < -0.39 is 59.8 Å². The molecule has 0 saturated carbocycles. The monoisotopic (exact) mass is 520 g/mol. The topological polar surface area (TPSA) is 157 Å². The molecule has 1 aliphatic rings. The molecule has 11 nitrogen and oxygen atoms in total. The smallest absolute Gasteiger partial charge is 0.332 e. The molecule has 1 aliphatic heterocycles. The number of esters is 3. The van der Waals surface area contributed by atoms with E-state index >= 15 is 0 Å². The van der Waals surface area contributed by atoms with Gasteiger partial charge in [0.1, 0.15) is 12.2 Å². The highest BCUT2D eigenvalue weighted by atomic mass is 16.6. The number of amides is 2. The Labute approximate surface area is 216 Å². The molecule has 1 aromatic carbocycles. The summed E-state index contributed by atoms with van der Waals surface area (Å²) in [6, 6.07) is 2.70. The van der Waals surface area contributed by atoms with Crippen molar-refractivity contribution >= 4 is 35.9 Å². The summed E-state index contributed by atoms with van der Waals surface area (Å²) in [6.45, 7) is 8.61. The molecular formula is C26H36N2O9.